The van der Waals surface area contributed by atoms with Crippen molar-refractivity contribution in [1.29, 1.82) is 0 Å². The lowest BCUT2D eigenvalue weighted by Crippen LogP contribution is -2.29. The van der Waals surface area contributed by atoms with Crippen LogP contribution in [-0.4, -0.2) is 29.5 Å². The smallest absolute Gasteiger partial charge is 0.422 e. The highest BCUT2D eigenvalue weighted by Crippen LogP contribution is 2.23. The fraction of sp³-hybridized carbons (Fsp3) is 0.158. The Bertz CT molecular complexity index is 979. The molecule has 0 unspecified atom stereocenters. The summed E-state index contributed by atoms with van der Waals surface area (Å²) in [5, 5.41) is 11.9. The zero-order valence-electron chi connectivity index (χ0n) is 14.1. The molecular weight excluding hydrogens is 329 g/mol. The van der Waals surface area contributed by atoms with Gasteiger partial charge in [0.15, 0.2) is 0 Å². The van der Waals surface area contributed by atoms with E-state index in [0.29, 0.717) is 17.6 Å². The summed E-state index contributed by atoms with van der Waals surface area (Å²) in [6.07, 6.45) is 3.84. The first kappa shape index (κ1) is 16.7. The average molecular weight is 347 g/mol. The van der Waals surface area contributed by atoms with Crippen LogP contribution in [0.4, 0.5) is 5.69 Å². The van der Waals surface area contributed by atoms with Crippen LogP contribution in [0.1, 0.15) is 17.0 Å². The van der Waals surface area contributed by atoms with Crippen LogP contribution in [0.5, 0.6) is 0 Å². The third-order valence-corrected chi connectivity index (χ3v) is 4.73. The molecule has 0 amide bonds. The van der Waals surface area contributed by atoms with E-state index >= 15 is 0 Å². The van der Waals surface area contributed by atoms with Gasteiger partial charge in [0.25, 0.3) is 0 Å². The molecular formula is C19H18BN3O3. The molecule has 4 rings (SSSR count). The van der Waals surface area contributed by atoms with E-state index in [4.69, 9.17) is 10.5 Å². The Kier molecular flexibility index (Phi) is 4.42. The van der Waals surface area contributed by atoms with Crippen LogP contribution in [0.2, 0.25) is 0 Å². The molecule has 0 aliphatic carbocycles. The maximum atomic E-state index is 12.9. The number of Topliss-reactive ketones (excluding diaryl/α,β-unsaturated/α-hetero) is 1. The Balaban J connectivity index is 1.58. The molecule has 2 heterocycles. The molecule has 7 heteroatoms. The Morgan fingerprint density at radius 1 is 1.23 bits per heavy atom. The number of carbonyl (C=O) groups excluding carboxylic acids is 1. The Morgan fingerprint density at radius 3 is 2.96 bits per heavy atom. The zero-order chi connectivity index (χ0) is 18.1. The first-order chi connectivity index (χ1) is 12.7. The van der Waals surface area contributed by atoms with Gasteiger partial charge < -0.3 is 10.8 Å². The second-order valence-corrected chi connectivity index (χ2v) is 6.41. The van der Waals surface area contributed by atoms with Gasteiger partial charge in [-0.25, -0.2) is 0 Å². The number of carbonyl (C=O) groups is 1. The summed E-state index contributed by atoms with van der Waals surface area (Å²) < 4.78 is 4.97. The minimum atomic E-state index is -1.03. The predicted molar refractivity (Wildman–Crippen MR) is 101 cm³/mol. The summed E-state index contributed by atoms with van der Waals surface area (Å²) in [6, 6.07) is 13.3. The Hall–Kier alpha value is -2.74. The topological polar surface area (TPSA) is 97.5 Å². The number of ketones is 1. The lowest BCUT2D eigenvalue weighted by molar-refractivity contribution is -0.119. The fourth-order valence-electron chi connectivity index (χ4n) is 3.30. The number of nitrogens with zero attached hydrogens (tertiary/aromatic N) is 1. The highest BCUT2D eigenvalue weighted by Gasteiger charge is 2.29. The molecule has 2 aromatic carbocycles. The molecule has 0 bridgehead atoms. The van der Waals surface area contributed by atoms with Crippen LogP contribution in [0, 0.1) is 0 Å². The summed E-state index contributed by atoms with van der Waals surface area (Å²) in [5.74, 6) is -0.386. The molecule has 1 aliphatic heterocycles. The highest BCUT2D eigenvalue weighted by atomic mass is 16.7. The van der Waals surface area contributed by atoms with Gasteiger partial charge in [0.1, 0.15) is 5.78 Å². The second-order valence-electron chi connectivity index (χ2n) is 6.41. The van der Waals surface area contributed by atoms with Crippen molar-refractivity contribution in [2.45, 2.75) is 12.3 Å². The van der Waals surface area contributed by atoms with E-state index in [-0.39, 0.29) is 12.3 Å². The maximum Gasteiger partial charge on any atom is 0.516 e. The number of hydrogen-bond acceptors (Lipinski definition) is 6. The molecule has 0 fully saturated rings. The zero-order valence-corrected chi connectivity index (χ0v) is 14.1. The summed E-state index contributed by atoms with van der Waals surface area (Å²) >= 11 is 0. The summed E-state index contributed by atoms with van der Waals surface area (Å²) in [5.41, 5.74) is 11.6. The van der Waals surface area contributed by atoms with Gasteiger partial charge in [0.2, 0.25) is 0 Å². The van der Waals surface area contributed by atoms with E-state index in [1.807, 2.05) is 30.3 Å². The average Bonchev–Trinajstić information content (AvgIpc) is 3.03. The molecule has 4 N–H and O–H groups in total. The molecule has 0 saturated heterocycles. The quantitative estimate of drug-likeness (QED) is 0.599. The number of pyridine rings is 1. The third-order valence-electron chi connectivity index (χ3n) is 4.73. The van der Waals surface area contributed by atoms with Gasteiger partial charge in [0, 0.05) is 36.2 Å². The number of anilines is 1. The van der Waals surface area contributed by atoms with Gasteiger partial charge in [-0.1, -0.05) is 30.3 Å². The normalized spacial score (nSPS) is 14.2. The first-order valence-corrected chi connectivity index (χ1v) is 8.44. The van der Waals surface area contributed by atoms with Gasteiger partial charge in [-0.3, -0.25) is 20.0 Å². The third kappa shape index (κ3) is 3.08. The minimum absolute atomic E-state index is 0.0437. The Morgan fingerprint density at radius 2 is 2.12 bits per heavy atom. The van der Waals surface area contributed by atoms with Crippen LogP contribution in [0.15, 0.2) is 54.9 Å². The van der Waals surface area contributed by atoms with Gasteiger partial charge in [-0.2, -0.15) is 0 Å². The predicted octanol–water partition coefficient (Wildman–Crippen LogP) is 1.13. The van der Waals surface area contributed by atoms with Crippen molar-refractivity contribution in [2.24, 2.45) is 5.73 Å². The molecule has 1 aliphatic rings. The standard InChI is InChI=1S/C19H18BN3O3/c21-10-16(14-3-4-18-17(9-14)20(25)26-23-18)19(24)8-12-1-2-15-11-22-6-5-13(15)7-12/h1-7,9,11,16,23,25H,8,10,21H2/t16-/m1/s1. The molecule has 26 heavy (non-hydrogen) atoms. The Labute approximate surface area is 151 Å². The first-order valence-electron chi connectivity index (χ1n) is 8.44. The number of benzene rings is 2. The number of aromatic nitrogens is 1. The summed E-state index contributed by atoms with van der Waals surface area (Å²) in [7, 11) is -1.03. The molecule has 130 valence electrons. The monoisotopic (exact) mass is 347 g/mol. The van der Waals surface area contributed by atoms with Crippen LogP contribution in [0.25, 0.3) is 10.8 Å². The lowest BCUT2D eigenvalue weighted by atomic mass is 9.77. The van der Waals surface area contributed by atoms with Crippen molar-refractivity contribution in [1.82, 2.24) is 4.98 Å². The molecule has 0 saturated carbocycles. The van der Waals surface area contributed by atoms with E-state index in [1.54, 1.807) is 24.5 Å². The van der Waals surface area contributed by atoms with Gasteiger partial charge in [0.05, 0.1) is 11.6 Å². The molecule has 3 aromatic rings. The van der Waals surface area contributed by atoms with Crippen LogP contribution in [-0.2, 0) is 16.0 Å². The van der Waals surface area contributed by atoms with Crippen molar-refractivity contribution < 1.29 is 14.6 Å². The summed E-state index contributed by atoms with van der Waals surface area (Å²) in [4.78, 5) is 17.0. The second kappa shape index (κ2) is 6.88. The van der Waals surface area contributed by atoms with Crippen molar-refractivity contribution in [3.63, 3.8) is 0 Å². The highest BCUT2D eigenvalue weighted by molar-refractivity contribution is 6.63. The molecule has 1 aromatic heterocycles. The molecule has 0 radical (unpaired) electrons. The van der Waals surface area contributed by atoms with Crippen molar-refractivity contribution in [2.75, 3.05) is 12.0 Å². The SMILES string of the molecule is NC[C@@H](C(=O)Cc1ccc2cnccc2c1)c1ccc2c(c1)B(O)ON2. The number of nitrogens with two attached hydrogens (primary N) is 1. The van der Waals surface area contributed by atoms with E-state index < -0.39 is 13.0 Å². The van der Waals surface area contributed by atoms with Crippen LogP contribution < -0.4 is 16.7 Å². The van der Waals surface area contributed by atoms with E-state index in [0.717, 1.165) is 21.9 Å². The largest absolute Gasteiger partial charge is 0.516 e. The van der Waals surface area contributed by atoms with E-state index in [9.17, 15) is 9.82 Å². The van der Waals surface area contributed by atoms with Crippen molar-refractivity contribution in [3.05, 3.63) is 66.0 Å². The molecule has 6 nitrogen and oxygen atoms in total. The fourth-order valence-corrected chi connectivity index (χ4v) is 3.30. The van der Waals surface area contributed by atoms with Crippen molar-refractivity contribution in [3.8, 4) is 0 Å². The number of hydrogen-bond donors (Lipinski definition) is 3. The van der Waals surface area contributed by atoms with Gasteiger partial charge in [-0.05, 0) is 28.6 Å². The van der Waals surface area contributed by atoms with Crippen LogP contribution >= 0.6 is 0 Å². The van der Waals surface area contributed by atoms with E-state index in [2.05, 4.69) is 10.5 Å². The lowest BCUT2D eigenvalue weighted by Gasteiger charge is -2.15. The molecule has 0 spiro atoms. The number of rotatable bonds is 5. The van der Waals surface area contributed by atoms with Gasteiger partial charge in [-0.15, -0.1) is 0 Å². The minimum Gasteiger partial charge on any atom is -0.422 e. The van der Waals surface area contributed by atoms with Gasteiger partial charge >= 0.3 is 7.12 Å². The number of fused-ring (bicyclic) bond motifs is 2. The van der Waals surface area contributed by atoms with Crippen molar-refractivity contribution >= 4 is 34.8 Å². The summed E-state index contributed by atoms with van der Waals surface area (Å²) in [6.45, 7) is 0.208. The maximum absolute atomic E-state index is 12.9. The van der Waals surface area contributed by atoms with Crippen LogP contribution in [0.3, 0.4) is 0 Å². The number of nitrogens with one attached hydrogen (secondary N) is 1. The van der Waals surface area contributed by atoms with E-state index in [1.165, 1.54) is 0 Å². The molecule has 1 atom stereocenters.